The molecule has 2 aromatic carbocycles. The molecule has 0 aliphatic rings. The second-order valence-electron chi connectivity index (χ2n) is 6.56. The van der Waals surface area contributed by atoms with Crippen molar-refractivity contribution in [2.45, 2.75) is 19.9 Å². The Morgan fingerprint density at radius 3 is 2.77 bits per heavy atom. The molecule has 3 rings (SSSR count). The minimum atomic E-state index is 0.239. The van der Waals surface area contributed by atoms with Gasteiger partial charge in [-0.15, -0.1) is 0 Å². The number of hydrogen-bond acceptors (Lipinski definition) is 6. The lowest BCUT2D eigenvalue weighted by Gasteiger charge is -2.12. The highest BCUT2D eigenvalue weighted by molar-refractivity contribution is 6.30. The van der Waals surface area contributed by atoms with Crippen LogP contribution in [0.5, 0.6) is 5.75 Å². The molecule has 0 fully saturated rings. The first-order valence-electron chi connectivity index (χ1n) is 10.0. The Bertz CT molecular complexity index is 975. The summed E-state index contributed by atoms with van der Waals surface area (Å²) >= 11 is 5.92. The van der Waals surface area contributed by atoms with E-state index in [-0.39, 0.29) is 6.54 Å². The normalized spacial score (nSPS) is 11.4. The zero-order valence-electron chi connectivity index (χ0n) is 17.6. The first-order chi connectivity index (χ1) is 15.2. The topological polar surface area (TPSA) is 93.8 Å². The molecule has 0 spiro atoms. The van der Waals surface area contributed by atoms with E-state index in [0.29, 0.717) is 42.5 Å². The molecular weight excluding hydrogens is 418 g/mol. The molecule has 31 heavy (non-hydrogen) atoms. The molecule has 0 amide bonds. The molecular formula is C22H26ClN5O3. The van der Waals surface area contributed by atoms with Gasteiger partial charge in [-0.05, 0) is 43.3 Å². The van der Waals surface area contributed by atoms with E-state index >= 15 is 0 Å². The predicted molar refractivity (Wildman–Crippen MR) is 122 cm³/mol. The lowest BCUT2D eigenvalue weighted by atomic mass is 10.2. The van der Waals surface area contributed by atoms with Gasteiger partial charge in [-0.1, -0.05) is 22.8 Å². The lowest BCUT2D eigenvalue weighted by molar-refractivity contribution is 0.172. The monoisotopic (exact) mass is 443 g/mol. The Kier molecular flexibility index (Phi) is 8.69. The predicted octanol–water partition coefficient (Wildman–Crippen LogP) is 4.38. The number of hydrogen-bond donors (Lipinski definition) is 2. The molecule has 0 saturated carbocycles. The molecule has 0 bridgehead atoms. The van der Waals surface area contributed by atoms with Gasteiger partial charge in [-0.25, -0.2) is 4.99 Å². The highest BCUT2D eigenvalue weighted by Crippen LogP contribution is 2.19. The molecule has 0 saturated heterocycles. The third-order valence-electron chi connectivity index (χ3n) is 4.15. The molecule has 0 aliphatic heterocycles. The van der Waals surface area contributed by atoms with Gasteiger partial charge in [0.1, 0.15) is 12.3 Å². The number of ether oxygens (including phenoxy) is 2. The number of benzene rings is 2. The quantitative estimate of drug-likeness (QED) is 0.273. The van der Waals surface area contributed by atoms with Crippen LogP contribution in [0.4, 0.5) is 5.69 Å². The SMILES string of the molecule is CCNC(=NCc1nc(-c2ccc(Cl)cc2)no1)Nc1cccc(OCCCOC)c1. The summed E-state index contributed by atoms with van der Waals surface area (Å²) in [4.78, 5) is 8.93. The summed E-state index contributed by atoms with van der Waals surface area (Å²) in [7, 11) is 1.68. The van der Waals surface area contributed by atoms with Crippen molar-refractivity contribution in [1.29, 1.82) is 0 Å². The van der Waals surface area contributed by atoms with E-state index in [4.69, 9.17) is 25.6 Å². The summed E-state index contributed by atoms with van der Waals surface area (Å²) in [5.41, 5.74) is 1.69. The smallest absolute Gasteiger partial charge is 0.248 e. The Balaban J connectivity index is 1.62. The molecule has 3 aromatic rings. The molecule has 2 N–H and O–H groups in total. The molecule has 0 aliphatic carbocycles. The Hall–Kier alpha value is -3.10. The first kappa shape index (κ1) is 22.6. The van der Waals surface area contributed by atoms with Crippen LogP contribution in [0.25, 0.3) is 11.4 Å². The summed E-state index contributed by atoms with van der Waals surface area (Å²) in [6.07, 6.45) is 0.834. The van der Waals surface area contributed by atoms with E-state index in [9.17, 15) is 0 Å². The van der Waals surface area contributed by atoms with E-state index < -0.39 is 0 Å². The Labute approximate surface area is 186 Å². The summed E-state index contributed by atoms with van der Waals surface area (Å²) in [5.74, 6) is 2.29. The summed E-state index contributed by atoms with van der Waals surface area (Å²) in [6.45, 7) is 4.21. The number of nitrogens with zero attached hydrogens (tertiary/aromatic N) is 3. The van der Waals surface area contributed by atoms with E-state index in [1.54, 1.807) is 19.2 Å². The molecule has 0 radical (unpaired) electrons. The maximum absolute atomic E-state index is 5.92. The fraction of sp³-hybridized carbons (Fsp3) is 0.318. The first-order valence-corrected chi connectivity index (χ1v) is 10.4. The number of anilines is 1. The van der Waals surface area contributed by atoms with Crippen molar-refractivity contribution >= 4 is 23.2 Å². The van der Waals surface area contributed by atoms with Crippen molar-refractivity contribution in [1.82, 2.24) is 15.5 Å². The molecule has 1 aromatic heterocycles. The minimum Gasteiger partial charge on any atom is -0.493 e. The van der Waals surface area contributed by atoms with Crippen LogP contribution in [0.1, 0.15) is 19.2 Å². The number of halogens is 1. The second-order valence-corrected chi connectivity index (χ2v) is 7.00. The van der Waals surface area contributed by atoms with Crippen LogP contribution in [0.3, 0.4) is 0 Å². The van der Waals surface area contributed by atoms with Gasteiger partial charge in [-0.3, -0.25) is 0 Å². The van der Waals surface area contributed by atoms with E-state index in [1.807, 2.05) is 43.3 Å². The number of rotatable bonds is 10. The number of methoxy groups -OCH3 is 1. The largest absolute Gasteiger partial charge is 0.493 e. The number of nitrogens with one attached hydrogen (secondary N) is 2. The van der Waals surface area contributed by atoms with Crippen molar-refractivity contribution in [3.63, 3.8) is 0 Å². The highest BCUT2D eigenvalue weighted by Gasteiger charge is 2.09. The maximum Gasteiger partial charge on any atom is 0.248 e. The molecule has 164 valence electrons. The Morgan fingerprint density at radius 1 is 1.16 bits per heavy atom. The zero-order valence-corrected chi connectivity index (χ0v) is 18.4. The number of guanidine groups is 1. The van der Waals surface area contributed by atoms with Crippen LogP contribution in [-0.2, 0) is 11.3 Å². The lowest BCUT2D eigenvalue weighted by Crippen LogP contribution is -2.30. The fourth-order valence-electron chi connectivity index (χ4n) is 2.68. The standard InChI is InChI=1S/C22H26ClN5O3/c1-3-24-22(26-18-6-4-7-19(14-18)30-13-5-12-29-2)25-15-20-27-21(28-31-20)16-8-10-17(23)11-9-16/h4,6-11,14H,3,5,12-13,15H2,1-2H3,(H2,24,25,26). The van der Waals surface area contributed by atoms with Crippen LogP contribution in [0.2, 0.25) is 5.02 Å². The van der Waals surface area contributed by atoms with Crippen LogP contribution in [-0.4, -0.2) is 43.0 Å². The highest BCUT2D eigenvalue weighted by atomic mass is 35.5. The average Bonchev–Trinajstić information content (AvgIpc) is 3.25. The van der Waals surface area contributed by atoms with Crippen LogP contribution < -0.4 is 15.4 Å². The van der Waals surface area contributed by atoms with Gasteiger partial charge in [0, 0.05) is 49.0 Å². The van der Waals surface area contributed by atoms with E-state index in [1.165, 1.54) is 0 Å². The van der Waals surface area contributed by atoms with Gasteiger partial charge in [0.05, 0.1) is 6.61 Å². The third kappa shape index (κ3) is 7.27. The van der Waals surface area contributed by atoms with Gasteiger partial charge in [0.2, 0.25) is 11.7 Å². The second kappa shape index (κ2) is 11.9. The average molecular weight is 444 g/mol. The zero-order chi connectivity index (χ0) is 21.9. The molecule has 0 unspecified atom stereocenters. The van der Waals surface area contributed by atoms with Crippen molar-refractivity contribution in [2.24, 2.45) is 4.99 Å². The van der Waals surface area contributed by atoms with Crippen molar-refractivity contribution in [3.8, 4) is 17.1 Å². The van der Waals surface area contributed by atoms with Crippen molar-refractivity contribution in [3.05, 3.63) is 59.4 Å². The maximum atomic E-state index is 5.92. The van der Waals surface area contributed by atoms with Gasteiger partial charge in [0.15, 0.2) is 5.96 Å². The molecule has 1 heterocycles. The van der Waals surface area contributed by atoms with Gasteiger partial charge in [-0.2, -0.15) is 4.98 Å². The van der Waals surface area contributed by atoms with E-state index in [2.05, 4.69) is 25.8 Å². The molecule has 8 nitrogen and oxygen atoms in total. The van der Waals surface area contributed by atoms with Gasteiger partial charge < -0.3 is 24.6 Å². The van der Waals surface area contributed by atoms with Crippen molar-refractivity contribution < 1.29 is 14.0 Å². The Morgan fingerprint density at radius 2 is 2.00 bits per heavy atom. The molecule has 9 heteroatoms. The van der Waals surface area contributed by atoms with Crippen molar-refractivity contribution in [2.75, 3.05) is 32.2 Å². The van der Waals surface area contributed by atoms with Crippen LogP contribution in [0, 0.1) is 0 Å². The summed E-state index contributed by atoms with van der Waals surface area (Å²) in [5, 5.41) is 11.1. The summed E-state index contributed by atoms with van der Waals surface area (Å²) < 4.78 is 16.1. The van der Waals surface area contributed by atoms with Crippen LogP contribution >= 0.6 is 11.6 Å². The summed E-state index contributed by atoms with van der Waals surface area (Å²) in [6, 6.07) is 15.0. The van der Waals surface area contributed by atoms with Crippen LogP contribution in [0.15, 0.2) is 58.0 Å². The van der Waals surface area contributed by atoms with Gasteiger partial charge in [0.25, 0.3) is 0 Å². The number of aliphatic imine (C=N–C) groups is 1. The molecule has 0 atom stereocenters. The minimum absolute atomic E-state index is 0.239. The fourth-order valence-corrected chi connectivity index (χ4v) is 2.81. The van der Waals surface area contributed by atoms with E-state index in [0.717, 1.165) is 23.4 Å². The third-order valence-corrected chi connectivity index (χ3v) is 4.40. The van der Waals surface area contributed by atoms with Gasteiger partial charge >= 0.3 is 0 Å². The number of aromatic nitrogens is 2.